The van der Waals surface area contributed by atoms with Crippen LogP contribution >= 0.6 is 35.3 Å². The Labute approximate surface area is 204 Å². The van der Waals surface area contributed by atoms with Crippen molar-refractivity contribution in [2.24, 2.45) is 0 Å². The van der Waals surface area contributed by atoms with E-state index in [1.54, 1.807) is 35.2 Å². The molecule has 1 aliphatic rings. The van der Waals surface area contributed by atoms with Crippen LogP contribution < -0.4 is 10.3 Å². The minimum Gasteiger partial charge on any atom is -0.451 e. The predicted octanol–water partition coefficient (Wildman–Crippen LogP) is 4.46. The number of amides is 1. The SMILES string of the molecule is Cl.O=C(c1cc(=O)c2ccccc2o1)N(CCN1CCOCC1)c1nc2ccc(Cl)cc2s1. The molecular formula is C23H21Cl2N3O4S. The maximum atomic E-state index is 13.5. The minimum atomic E-state index is -0.397. The number of benzene rings is 2. The first kappa shape index (κ1) is 23.7. The third-order valence-electron chi connectivity index (χ3n) is 5.40. The van der Waals surface area contributed by atoms with E-state index >= 15 is 0 Å². The van der Waals surface area contributed by atoms with Gasteiger partial charge >= 0.3 is 0 Å². The van der Waals surface area contributed by atoms with Crippen molar-refractivity contribution in [2.75, 3.05) is 44.3 Å². The van der Waals surface area contributed by atoms with E-state index in [-0.39, 0.29) is 23.6 Å². The lowest BCUT2D eigenvalue weighted by Gasteiger charge is -2.29. The molecule has 2 aromatic heterocycles. The van der Waals surface area contributed by atoms with Crippen molar-refractivity contribution in [3.05, 3.63) is 69.5 Å². The van der Waals surface area contributed by atoms with Gasteiger partial charge in [-0.3, -0.25) is 19.4 Å². The van der Waals surface area contributed by atoms with Crippen LogP contribution in [0, 0.1) is 0 Å². The van der Waals surface area contributed by atoms with Crippen molar-refractivity contribution in [3.63, 3.8) is 0 Å². The maximum Gasteiger partial charge on any atom is 0.295 e. The predicted molar refractivity (Wildman–Crippen MR) is 133 cm³/mol. The molecule has 172 valence electrons. The molecule has 4 aromatic rings. The first-order chi connectivity index (χ1) is 15.6. The van der Waals surface area contributed by atoms with E-state index in [9.17, 15) is 9.59 Å². The van der Waals surface area contributed by atoms with Crippen LogP contribution in [0.25, 0.3) is 21.2 Å². The Balaban J connectivity index is 0.00000259. The molecule has 0 radical (unpaired) electrons. The monoisotopic (exact) mass is 505 g/mol. The van der Waals surface area contributed by atoms with E-state index in [0.29, 0.717) is 47.4 Å². The van der Waals surface area contributed by atoms with E-state index in [2.05, 4.69) is 9.88 Å². The normalized spacial score (nSPS) is 14.3. The van der Waals surface area contributed by atoms with Crippen LogP contribution in [0.5, 0.6) is 0 Å². The quantitative estimate of drug-likeness (QED) is 0.398. The molecule has 0 saturated carbocycles. The highest BCUT2D eigenvalue weighted by Crippen LogP contribution is 2.31. The zero-order valence-corrected chi connectivity index (χ0v) is 19.9. The van der Waals surface area contributed by atoms with Crippen molar-refractivity contribution in [2.45, 2.75) is 0 Å². The van der Waals surface area contributed by atoms with Gasteiger partial charge in [0, 0.05) is 37.3 Å². The average Bonchev–Trinajstić information content (AvgIpc) is 3.22. The molecule has 1 amide bonds. The molecule has 0 unspecified atom stereocenters. The molecule has 3 heterocycles. The molecular weight excluding hydrogens is 485 g/mol. The number of para-hydroxylation sites is 1. The number of halogens is 2. The molecule has 0 aliphatic carbocycles. The summed E-state index contributed by atoms with van der Waals surface area (Å²) >= 11 is 7.52. The van der Waals surface area contributed by atoms with Gasteiger partial charge < -0.3 is 9.15 Å². The summed E-state index contributed by atoms with van der Waals surface area (Å²) in [5.74, 6) is -0.403. The van der Waals surface area contributed by atoms with Crippen LogP contribution in [-0.2, 0) is 4.74 Å². The highest BCUT2D eigenvalue weighted by molar-refractivity contribution is 7.22. The highest BCUT2D eigenvalue weighted by atomic mass is 35.5. The summed E-state index contributed by atoms with van der Waals surface area (Å²) in [4.78, 5) is 34.6. The smallest absolute Gasteiger partial charge is 0.295 e. The van der Waals surface area contributed by atoms with Gasteiger partial charge in [0.2, 0.25) is 0 Å². The molecule has 0 N–H and O–H groups in total. The number of nitrogens with zero attached hydrogens (tertiary/aromatic N) is 3. The minimum absolute atomic E-state index is 0. The summed E-state index contributed by atoms with van der Waals surface area (Å²) in [5.41, 5.74) is 0.894. The van der Waals surface area contributed by atoms with Gasteiger partial charge in [-0.2, -0.15) is 0 Å². The zero-order valence-electron chi connectivity index (χ0n) is 17.5. The fourth-order valence-corrected chi connectivity index (χ4v) is 4.96. The number of aromatic nitrogens is 1. The van der Waals surface area contributed by atoms with Crippen LogP contribution in [0.1, 0.15) is 10.6 Å². The Bertz CT molecular complexity index is 1350. The average molecular weight is 506 g/mol. The summed E-state index contributed by atoms with van der Waals surface area (Å²) in [5, 5.41) is 1.59. The maximum absolute atomic E-state index is 13.5. The second-order valence-corrected chi connectivity index (χ2v) is 8.94. The number of fused-ring (bicyclic) bond motifs is 2. The molecule has 5 rings (SSSR count). The molecule has 1 saturated heterocycles. The summed E-state index contributed by atoms with van der Waals surface area (Å²) in [6, 6.07) is 13.6. The highest BCUT2D eigenvalue weighted by Gasteiger charge is 2.25. The van der Waals surface area contributed by atoms with Crippen molar-refractivity contribution in [1.29, 1.82) is 0 Å². The van der Waals surface area contributed by atoms with Gasteiger partial charge in [-0.25, -0.2) is 4.98 Å². The summed E-state index contributed by atoms with van der Waals surface area (Å²) in [7, 11) is 0. The Morgan fingerprint density at radius 3 is 2.76 bits per heavy atom. The van der Waals surface area contributed by atoms with E-state index in [4.69, 9.17) is 20.8 Å². The molecule has 33 heavy (non-hydrogen) atoms. The number of carbonyl (C=O) groups is 1. The van der Waals surface area contributed by atoms with Crippen LogP contribution in [0.4, 0.5) is 5.13 Å². The molecule has 0 bridgehead atoms. The van der Waals surface area contributed by atoms with Gasteiger partial charge in [0.25, 0.3) is 5.91 Å². The third-order valence-corrected chi connectivity index (χ3v) is 6.68. The summed E-state index contributed by atoms with van der Waals surface area (Å²) in [6.45, 7) is 4.03. The van der Waals surface area contributed by atoms with Gasteiger partial charge in [-0.1, -0.05) is 35.1 Å². The lowest BCUT2D eigenvalue weighted by molar-refractivity contribution is 0.0390. The summed E-state index contributed by atoms with van der Waals surface area (Å²) in [6.07, 6.45) is 0. The second-order valence-electron chi connectivity index (χ2n) is 7.49. The fourth-order valence-electron chi connectivity index (χ4n) is 3.69. The second kappa shape index (κ2) is 10.2. The first-order valence-corrected chi connectivity index (χ1v) is 11.5. The number of hydrogen-bond donors (Lipinski definition) is 0. The van der Waals surface area contributed by atoms with Crippen LogP contribution in [-0.4, -0.2) is 55.2 Å². The van der Waals surface area contributed by atoms with E-state index < -0.39 is 5.91 Å². The van der Waals surface area contributed by atoms with Gasteiger partial charge in [0.1, 0.15) is 5.58 Å². The van der Waals surface area contributed by atoms with Crippen molar-refractivity contribution >= 4 is 67.6 Å². The zero-order chi connectivity index (χ0) is 22.1. The van der Waals surface area contributed by atoms with Crippen LogP contribution in [0.2, 0.25) is 5.02 Å². The van der Waals surface area contributed by atoms with Gasteiger partial charge in [0.15, 0.2) is 16.3 Å². The topological polar surface area (TPSA) is 75.9 Å². The fraction of sp³-hybridized carbons (Fsp3) is 0.261. The van der Waals surface area contributed by atoms with E-state index in [0.717, 1.165) is 23.3 Å². The molecule has 10 heteroatoms. The van der Waals surface area contributed by atoms with Crippen LogP contribution in [0.15, 0.2) is 57.7 Å². The number of thiazole rings is 1. The van der Waals surface area contributed by atoms with Gasteiger partial charge in [-0.15, -0.1) is 12.4 Å². The Hall–Kier alpha value is -2.49. The van der Waals surface area contributed by atoms with E-state index in [1.807, 2.05) is 12.1 Å². The number of rotatable bonds is 5. The molecule has 7 nitrogen and oxygen atoms in total. The Morgan fingerprint density at radius 1 is 1.15 bits per heavy atom. The number of carbonyl (C=O) groups excluding carboxylic acids is 1. The van der Waals surface area contributed by atoms with Crippen molar-refractivity contribution < 1.29 is 13.9 Å². The number of morpholine rings is 1. The number of anilines is 1. The molecule has 2 aromatic carbocycles. The molecule has 0 spiro atoms. The Morgan fingerprint density at radius 2 is 1.94 bits per heavy atom. The largest absolute Gasteiger partial charge is 0.451 e. The number of ether oxygens (including phenoxy) is 1. The van der Waals surface area contributed by atoms with E-state index in [1.165, 1.54) is 17.4 Å². The van der Waals surface area contributed by atoms with Gasteiger partial charge in [-0.05, 0) is 30.3 Å². The number of hydrogen-bond acceptors (Lipinski definition) is 7. The Kier molecular flexibility index (Phi) is 7.31. The first-order valence-electron chi connectivity index (χ1n) is 10.3. The molecule has 1 aliphatic heterocycles. The molecule has 0 atom stereocenters. The van der Waals surface area contributed by atoms with Gasteiger partial charge in [0.05, 0.1) is 28.8 Å². The molecule has 1 fully saturated rings. The van der Waals surface area contributed by atoms with Crippen molar-refractivity contribution in [1.82, 2.24) is 9.88 Å². The summed E-state index contributed by atoms with van der Waals surface area (Å²) < 4.78 is 12.1. The standard InChI is InChI=1S/C23H20ClN3O4S.ClH/c24-15-5-6-17-21(13-15)32-23(25-17)27(8-7-26-9-11-30-12-10-26)22(29)20-14-18(28)16-3-1-2-4-19(16)31-20;/h1-6,13-14H,7-12H2;1H. The lowest BCUT2D eigenvalue weighted by Crippen LogP contribution is -2.43. The van der Waals surface area contributed by atoms with Crippen molar-refractivity contribution in [3.8, 4) is 0 Å². The lowest BCUT2D eigenvalue weighted by atomic mass is 10.2. The van der Waals surface area contributed by atoms with Crippen LogP contribution in [0.3, 0.4) is 0 Å². The third kappa shape index (κ3) is 5.05.